The van der Waals surface area contributed by atoms with E-state index in [4.69, 9.17) is 39.9 Å². The number of benzene rings is 1. The zero-order valence-electron chi connectivity index (χ0n) is 9.69. The van der Waals surface area contributed by atoms with Crippen molar-refractivity contribution in [3.05, 3.63) is 38.8 Å². The Morgan fingerprint density at radius 2 is 1.89 bits per heavy atom. The van der Waals surface area contributed by atoms with Crippen molar-refractivity contribution in [2.24, 2.45) is 0 Å². The van der Waals surface area contributed by atoms with E-state index in [1.54, 1.807) is 0 Å². The molecule has 2 rings (SSSR count). The van der Waals surface area contributed by atoms with Gasteiger partial charge in [0.15, 0.2) is 0 Å². The van der Waals surface area contributed by atoms with E-state index in [0.717, 1.165) is 0 Å². The molecule has 0 fully saturated rings. The topological polar surface area (TPSA) is 68.0 Å². The lowest BCUT2D eigenvalue weighted by atomic mass is 10.3. The van der Waals surface area contributed by atoms with Gasteiger partial charge >= 0.3 is 5.97 Å². The molecule has 0 spiro atoms. The minimum atomic E-state index is -1.21. The predicted molar refractivity (Wildman–Crippen MR) is 72.7 cm³/mol. The van der Waals surface area contributed by atoms with E-state index in [-0.39, 0.29) is 15.9 Å². The lowest BCUT2D eigenvalue weighted by molar-refractivity contribution is 0.0683. The first kappa shape index (κ1) is 14.1. The molecule has 5 nitrogen and oxygen atoms in total. The number of carboxylic acids is 1. The Labute approximate surface area is 123 Å². The highest BCUT2D eigenvalue weighted by molar-refractivity contribution is 6.40. The molecule has 100 valence electrons. The van der Waals surface area contributed by atoms with E-state index in [0.29, 0.717) is 23.0 Å². The molecule has 8 heteroatoms. The Balaban J connectivity index is 2.68. The Bertz CT molecular complexity index is 632. The van der Waals surface area contributed by atoms with Crippen LogP contribution in [0.4, 0.5) is 0 Å². The molecular weight excluding hydrogens is 312 g/mol. The smallest absolute Gasteiger partial charge is 0.375 e. The zero-order chi connectivity index (χ0) is 14.2. The molecule has 19 heavy (non-hydrogen) atoms. The van der Waals surface area contributed by atoms with Gasteiger partial charge in [0.05, 0.1) is 10.0 Å². The van der Waals surface area contributed by atoms with Gasteiger partial charge in [-0.3, -0.25) is 0 Å². The molecule has 1 N–H and O–H groups in total. The highest BCUT2D eigenvalue weighted by atomic mass is 35.5. The molecule has 0 unspecified atom stereocenters. The van der Waals surface area contributed by atoms with Crippen LogP contribution in [0, 0.1) is 0 Å². The van der Waals surface area contributed by atoms with Gasteiger partial charge in [-0.15, -0.1) is 5.10 Å². The quantitative estimate of drug-likeness (QED) is 0.940. The number of aromatic carboxylic acids is 1. The van der Waals surface area contributed by atoms with Gasteiger partial charge in [0, 0.05) is 11.4 Å². The maximum atomic E-state index is 10.9. The normalized spacial score (nSPS) is 10.7. The number of aromatic nitrogens is 3. The molecule has 0 saturated heterocycles. The molecule has 0 saturated carbocycles. The van der Waals surface area contributed by atoms with Crippen LogP contribution in [0.15, 0.2) is 12.1 Å². The number of hydrogen-bond acceptors (Lipinski definition) is 3. The summed E-state index contributed by atoms with van der Waals surface area (Å²) in [7, 11) is 0. The Morgan fingerprint density at radius 3 is 2.37 bits per heavy atom. The van der Waals surface area contributed by atoms with Crippen LogP contribution >= 0.6 is 34.8 Å². The molecule has 0 radical (unpaired) electrons. The minimum absolute atomic E-state index is 0.272. The van der Waals surface area contributed by atoms with Gasteiger partial charge < -0.3 is 5.11 Å². The molecule has 1 aromatic heterocycles. The summed E-state index contributed by atoms with van der Waals surface area (Å²) in [5.41, 5.74) is 0.365. The standard InChI is InChI=1S/C11H8Cl3N3O2/c1-2-8-15-10(11(18)19)16-17(8)9-6(13)3-5(12)4-7(9)14/h3-4H,2H2,1H3,(H,18,19). The highest BCUT2D eigenvalue weighted by Gasteiger charge is 2.19. The summed E-state index contributed by atoms with van der Waals surface area (Å²) >= 11 is 18.0. The first-order valence-corrected chi connectivity index (χ1v) is 6.41. The lowest BCUT2D eigenvalue weighted by Gasteiger charge is -2.09. The van der Waals surface area contributed by atoms with Gasteiger partial charge in [-0.25, -0.2) is 14.5 Å². The van der Waals surface area contributed by atoms with E-state index in [2.05, 4.69) is 10.1 Å². The third-order valence-corrected chi connectivity index (χ3v) is 3.17. The van der Waals surface area contributed by atoms with Crippen molar-refractivity contribution < 1.29 is 9.90 Å². The van der Waals surface area contributed by atoms with Crippen molar-refractivity contribution in [1.82, 2.24) is 14.8 Å². The van der Waals surface area contributed by atoms with Crippen LogP contribution in [-0.4, -0.2) is 25.8 Å². The van der Waals surface area contributed by atoms with Gasteiger partial charge in [-0.05, 0) is 12.1 Å². The largest absolute Gasteiger partial charge is 0.475 e. The summed E-state index contributed by atoms with van der Waals surface area (Å²) in [5, 5.41) is 13.7. The van der Waals surface area contributed by atoms with Crippen LogP contribution in [0.25, 0.3) is 5.69 Å². The fraction of sp³-hybridized carbons (Fsp3) is 0.182. The number of aryl methyl sites for hydroxylation is 1. The first-order chi connectivity index (χ1) is 8.93. The molecule has 1 aromatic carbocycles. The number of carboxylic acid groups (broad SMARTS) is 1. The summed E-state index contributed by atoms with van der Waals surface area (Å²) in [6.45, 7) is 1.82. The Kier molecular flexibility index (Phi) is 3.99. The Hall–Kier alpha value is -1.30. The van der Waals surface area contributed by atoms with E-state index in [1.165, 1.54) is 16.8 Å². The van der Waals surface area contributed by atoms with Crippen molar-refractivity contribution in [3.8, 4) is 5.69 Å². The maximum Gasteiger partial charge on any atom is 0.375 e. The predicted octanol–water partition coefficient (Wildman–Crippen LogP) is 3.49. The second kappa shape index (κ2) is 5.36. The Morgan fingerprint density at radius 1 is 1.32 bits per heavy atom. The van der Waals surface area contributed by atoms with Crippen LogP contribution in [0.3, 0.4) is 0 Å². The van der Waals surface area contributed by atoms with Crippen molar-refractivity contribution in [2.45, 2.75) is 13.3 Å². The molecule has 2 aromatic rings. The molecule has 0 aliphatic rings. The second-order valence-corrected chi connectivity index (χ2v) is 4.89. The van der Waals surface area contributed by atoms with Crippen LogP contribution in [-0.2, 0) is 6.42 Å². The SMILES string of the molecule is CCc1nc(C(=O)O)nn1-c1c(Cl)cc(Cl)cc1Cl. The fourth-order valence-electron chi connectivity index (χ4n) is 1.58. The van der Waals surface area contributed by atoms with Gasteiger partial charge in [-0.2, -0.15) is 0 Å². The van der Waals surface area contributed by atoms with Crippen molar-refractivity contribution >= 4 is 40.8 Å². The highest BCUT2D eigenvalue weighted by Crippen LogP contribution is 2.32. The maximum absolute atomic E-state index is 10.9. The summed E-state index contributed by atoms with van der Waals surface area (Å²) in [6, 6.07) is 3.01. The summed E-state index contributed by atoms with van der Waals surface area (Å²) in [6.07, 6.45) is 0.482. The monoisotopic (exact) mass is 319 g/mol. The number of nitrogens with zero attached hydrogens (tertiary/aromatic N) is 3. The third-order valence-electron chi connectivity index (χ3n) is 2.38. The van der Waals surface area contributed by atoms with E-state index >= 15 is 0 Å². The number of halogens is 3. The van der Waals surface area contributed by atoms with E-state index in [1.807, 2.05) is 6.92 Å². The second-order valence-electron chi connectivity index (χ2n) is 3.64. The summed E-state index contributed by atoms with van der Waals surface area (Å²) in [4.78, 5) is 14.8. The molecule has 0 aliphatic carbocycles. The molecule has 0 bridgehead atoms. The van der Waals surface area contributed by atoms with Crippen molar-refractivity contribution in [1.29, 1.82) is 0 Å². The molecule has 1 heterocycles. The number of hydrogen-bond donors (Lipinski definition) is 1. The van der Waals surface area contributed by atoms with Crippen LogP contribution in [0.5, 0.6) is 0 Å². The average molecular weight is 321 g/mol. The van der Waals surface area contributed by atoms with Crippen LogP contribution < -0.4 is 0 Å². The molecule has 0 amide bonds. The van der Waals surface area contributed by atoms with E-state index in [9.17, 15) is 4.79 Å². The first-order valence-electron chi connectivity index (χ1n) is 5.28. The molecule has 0 aliphatic heterocycles. The minimum Gasteiger partial charge on any atom is -0.475 e. The number of rotatable bonds is 3. The van der Waals surface area contributed by atoms with Crippen molar-refractivity contribution in [3.63, 3.8) is 0 Å². The number of carbonyl (C=O) groups is 1. The average Bonchev–Trinajstić information content (AvgIpc) is 2.71. The summed E-state index contributed by atoms with van der Waals surface area (Å²) in [5.74, 6) is -1.07. The van der Waals surface area contributed by atoms with Gasteiger partial charge in [0.1, 0.15) is 11.5 Å². The zero-order valence-corrected chi connectivity index (χ0v) is 12.0. The van der Waals surface area contributed by atoms with Crippen molar-refractivity contribution in [2.75, 3.05) is 0 Å². The van der Waals surface area contributed by atoms with Gasteiger partial charge in [0.25, 0.3) is 5.82 Å². The van der Waals surface area contributed by atoms with Crippen LogP contribution in [0.1, 0.15) is 23.4 Å². The third kappa shape index (κ3) is 2.68. The van der Waals surface area contributed by atoms with E-state index < -0.39 is 5.97 Å². The molecule has 0 atom stereocenters. The fourth-order valence-corrected chi connectivity index (χ4v) is 2.56. The summed E-state index contributed by atoms with van der Waals surface area (Å²) < 4.78 is 1.32. The van der Waals surface area contributed by atoms with Crippen LogP contribution in [0.2, 0.25) is 15.1 Å². The lowest BCUT2D eigenvalue weighted by Crippen LogP contribution is -2.05. The molecular formula is C11H8Cl3N3O2. The van der Waals surface area contributed by atoms with Gasteiger partial charge in [0.2, 0.25) is 0 Å². The van der Waals surface area contributed by atoms with Gasteiger partial charge in [-0.1, -0.05) is 41.7 Å².